The van der Waals surface area contributed by atoms with Gasteiger partial charge in [-0.25, -0.2) is 8.42 Å². The van der Waals surface area contributed by atoms with Crippen LogP contribution in [0.4, 0.5) is 0 Å². The third-order valence-corrected chi connectivity index (χ3v) is 5.40. The van der Waals surface area contributed by atoms with Crippen LogP contribution in [0.1, 0.15) is 18.9 Å². The SMILES string of the molecule is CCCN(CCN(C)C)S(=O)(=O)c1ccc(CN)c(Cl)c1. The predicted octanol–water partition coefficient (Wildman–Crippen LogP) is 1.76. The summed E-state index contributed by atoms with van der Waals surface area (Å²) in [6.45, 7) is 3.88. The number of likely N-dealkylation sites (N-methyl/N-ethyl adjacent to an activating group) is 1. The van der Waals surface area contributed by atoms with Crippen molar-refractivity contribution in [3.63, 3.8) is 0 Å². The summed E-state index contributed by atoms with van der Waals surface area (Å²) in [6.07, 6.45) is 0.765. The Morgan fingerprint density at radius 2 is 1.86 bits per heavy atom. The van der Waals surface area contributed by atoms with Crippen LogP contribution in [0.5, 0.6) is 0 Å². The normalized spacial score (nSPS) is 12.3. The van der Waals surface area contributed by atoms with E-state index in [4.69, 9.17) is 17.3 Å². The van der Waals surface area contributed by atoms with Crippen LogP contribution in [0.2, 0.25) is 5.02 Å². The molecule has 0 saturated heterocycles. The molecule has 0 aliphatic rings. The average Bonchev–Trinajstić information content (AvgIpc) is 2.42. The van der Waals surface area contributed by atoms with Gasteiger partial charge in [0.15, 0.2) is 0 Å². The van der Waals surface area contributed by atoms with Crippen molar-refractivity contribution < 1.29 is 8.42 Å². The van der Waals surface area contributed by atoms with E-state index in [9.17, 15) is 8.42 Å². The molecule has 0 radical (unpaired) electrons. The first-order valence-corrected chi connectivity index (χ1v) is 8.78. The summed E-state index contributed by atoms with van der Waals surface area (Å²) in [6, 6.07) is 4.73. The maximum atomic E-state index is 12.7. The van der Waals surface area contributed by atoms with Gasteiger partial charge in [-0.2, -0.15) is 4.31 Å². The molecular weight excluding hydrogens is 310 g/mol. The van der Waals surface area contributed by atoms with Crippen LogP contribution in [0.15, 0.2) is 23.1 Å². The monoisotopic (exact) mass is 333 g/mol. The molecule has 0 heterocycles. The van der Waals surface area contributed by atoms with E-state index in [0.29, 0.717) is 31.2 Å². The minimum absolute atomic E-state index is 0.219. The minimum Gasteiger partial charge on any atom is -0.326 e. The Labute approximate surface area is 132 Å². The number of halogens is 1. The topological polar surface area (TPSA) is 66.6 Å². The van der Waals surface area contributed by atoms with Gasteiger partial charge in [0, 0.05) is 31.2 Å². The first-order chi connectivity index (χ1) is 9.82. The van der Waals surface area contributed by atoms with E-state index in [0.717, 1.165) is 12.0 Å². The first-order valence-electron chi connectivity index (χ1n) is 6.96. The molecule has 1 rings (SSSR count). The number of benzene rings is 1. The second-order valence-electron chi connectivity index (χ2n) is 5.16. The van der Waals surface area contributed by atoms with Gasteiger partial charge in [-0.15, -0.1) is 0 Å². The van der Waals surface area contributed by atoms with Gasteiger partial charge >= 0.3 is 0 Å². The number of rotatable bonds is 8. The van der Waals surface area contributed by atoms with Gasteiger partial charge in [0.2, 0.25) is 10.0 Å². The lowest BCUT2D eigenvalue weighted by Gasteiger charge is -2.23. The van der Waals surface area contributed by atoms with Gasteiger partial charge in [-0.05, 0) is 38.2 Å². The van der Waals surface area contributed by atoms with Crippen molar-refractivity contribution in [1.82, 2.24) is 9.21 Å². The van der Waals surface area contributed by atoms with Gasteiger partial charge in [0.1, 0.15) is 0 Å². The molecule has 1 aromatic carbocycles. The number of sulfonamides is 1. The summed E-state index contributed by atoms with van der Waals surface area (Å²) in [4.78, 5) is 2.18. The number of nitrogens with zero attached hydrogens (tertiary/aromatic N) is 2. The smallest absolute Gasteiger partial charge is 0.243 e. The predicted molar refractivity (Wildman–Crippen MR) is 86.9 cm³/mol. The maximum Gasteiger partial charge on any atom is 0.243 e. The fraction of sp³-hybridized carbons (Fsp3) is 0.571. The molecule has 0 saturated carbocycles. The molecule has 120 valence electrons. The second-order valence-corrected chi connectivity index (χ2v) is 7.51. The molecule has 0 fully saturated rings. The van der Waals surface area contributed by atoms with E-state index in [2.05, 4.69) is 0 Å². The van der Waals surface area contributed by atoms with Crippen LogP contribution < -0.4 is 5.73 Å². The van der Waals surface area contributed by atoms with E-state index >= 15 is 0 Å². The molecule has 5 nitrogen and oxygen atoms in total. The van der Waals surface area contributed by atoms with Crippen molar-refractivity contribution in [2.45, 2.75) is 24.8 Å². The van der Waals surface area contributed by atoms with Crippen LogP contribution >= 0.6 is 11.6 Å². The molecule has 0 aromatic heterocycles. The Hall–Kier alpha value is -0.660. The highest BCUT2D eigenvalue weighted by molar-refractivity contribution is 7.89. The summed E-state index contributed by atoms with van der Waals surface area (Å²) in [5.74, 6) is 0. The molecule has 1 aromatic rings. The fourth-order valence-corrected chi connectivity index (χ4v) is 3.79. The lowest BCUT2D eigenvalue weighted by molar-refractivity contribution is 0.333. The third kappa shape index (κ3) is 4.93. The van der Waals surface area contributed by atoms with Crippen molar-refractivity contribution in [1.29, 1.82) is 0 Å². The Bertz CT molecular complexity index is 561. The van der Waals surface area contributed by atoms with Crippen molar-refractivity contribution >= 4 is 21.6 Å². The van der Waals surface area contributed by atoms with Gasteiger partial charge in [0.05, 0.1) is 4.90 Å². The Morgan fingerprint density at radius 1 is 1.19 bits per heavy atom. The standard InChI is InChI=1S/C14H24ClN3O2S/c1-4-7-18(9-8-17(2)3)21(19,20)13-6-5-12(11-16)14(15)10-13/h5-6,10H,4,7-9,11,16H2,1-3H3. The minimum atomic E-state index is -3.52. The zero-order chi connectivity index (χ0) is 16.0. The second kappa shape index (κ2) is 8.10. The molecule has 7 heteroatoms. The summed E-state index contributed by atoms with van der Waals surface area (Å²) in [7, 11) is 0.316. The van der Waals surface area contributed by atoms with Gasteiger partial charge < -0.3 is 10.6 Å². The van der Waals surface area contributed by atoms with Crippen molar-refractivity contribution in [2.24, 2.45) is 5.73 Å². The summed E-state index contributed by atoms with van der Waals surface area (Å²) >= 11 is 6.07. The summed E-state index contributed by atoms with van der Waals surface area (Å²) in [5, 5.41) is 0.391. The lowest BCUT2D eigenvalue weighted by Crippen LogP contribution is -2.37. The van der Waals surface area contributed by atoms with Crippen molar-refractivity contribution in [3.05, 3.63) is 28.8 Å². The quantitative estimate of drug-likeness (QED) is 0.787. The van der Waals surface area contributed by atoms with Crippen LogP contribution in [0.25, 0.3) is 0 Å². The van der Waals surface area contributed by atoms with E-state index in [1.807, 2.05) is 25.9 Å². The van der Waals surface area contributed by atoms with Crippen LogP contribution in [-0.4, -0.2) is 51.4 Å². The molecule has 0 aliphatic carbocycles. The molecule has 0 unspecified atom stereocenters. The highest BCUT2D eigenvalue weighted by Crippen LogP contribution is 2.23. The molecule has 0 amide bonds. The Kier molecular flexibility index (Phi) is 7.09. The molecular formula is C14H24ClN3O2S. The van der Waals surface area contributed by atoms with Gasteiger partial charge in [0.25, 0.3) is 0 Å². The number of nitrogens with two attached hydrogens (primary N) is 1. The molecule has 0 aliphatic heterocycles. The maximum absolute atomic E-state index is 12.7. The molecule has 2 N–H and O–H groups in total. The summed E-state index contributed by atoms with van der Waals surface area (Å²) < 4.78 is 26.9. The number of hydrogen-bond acceptors (Lipinski definition) is 4. The zero-order valence-electron chi connectivity index (χ0n) is 12.8. The lowest BCUT2D eigenvalue weighted by atomic mass is 10.2. The van der Waals surface area contributed by atoms with Crippen LogP contribution in [0, 0.1) is 0 Å². The summed E-state index contributed by atoms with van der Waals surface area (Å²) in [5.41, 5.74) is 6.29. The van der Waals surface area contributed by atoms with Crippen molar-refractivity contribution in [2.75, 3.05) is 33.7 Å². The van der Waals surface area contributed by atoms with Gasteiger partial charge in [-0.1, -0.05) is 24.6 Å². The van der Waals surface area contributed by atoms with Gasteiger partial charge in [-0.3, -0.25) is 0 Å². The Balaban J connectivity index is 3.07. The van der Waals surface area contributed by atoms with E-state index < -0.39 is 10.0 Å². The molecule has 0 spiro atoms. The Morgan fingerprint density at radius 3 is 2.33 bits per heavy atom. The zero-order valence-corrected chi connectivity index (χ0v) is 14.4. The molecule has 21 heavy (non-hydrogen) atoms. The number of hydrogen-bond donors (Lipinski definition) is 1. The average molecular weight is 334 g/mol. The first kappa shape index (κ1) is 18.4. The van der Waals surface area contributed by atoms with E-state index in [-0.39, 0.29) is 4.90 Å². The fourth-order valence-electron chi connectivity index (χ4n) is 1.92. The highest BCUT2D eigenvalue weighted by atomic mass is 35.5. The molecule has 0 bridgehead atoms. The van der Waals surface area contributed by atoms with Crippen LogP contribution in [0.3, 0.4) is 0 Å². The van der Waals surface area contributed by atoms with E-state index in [1.54, 1.807) is 12.1 Å². The third-order valence-electron chi connectivity index (χ3n) is 3.15. The highest BCUT2D eigenvalue weighted by Gasteiger charge is 2.24. The van der Waals surface area contributed by atoms with Crippen LogP contribution in [-0.2, 0) is 16.6 Å². The largest absolute Gasteiger partial charge is 0.326 e. The van der Waals surface area contributed by atoms with Crippen molar-refractivity contribution in [3.8, 4) is 0 Å². The molecule has 0 atom stereocenters. The van der Waals surface area contributed by atoms with E-state index in [1.165, 1.54) is 10.4 Å².